The number of carbonyl (C=O) groups excluding carboxylic acids is 2. The fraction of sp³-hybridized carbons (Fsp3) is 0.357. The molecule has 0 fully saturated rings. The molecule has 1 aliphatic carbocycles. The minimum Gasteiger partial charge on any atom is -0.465 e. The minimum absolute atomic E-state index is 0.130. The number of halogens is 1. The van der Waals surface area contributed by atoms with Crippen molar-refractivity contribution in [1.29, 1.82) is 0 Å². The lowest BCUT2D eigenvalue weighted by atomic mass is 10.0. The quantitative estimate of drug-likeness (QED) is 0.799. The molecule has 0 spiro atoms. The second kappa shape index (κ2) is 6.52. The van der Waals surface area contributed by atoms with Crippen LogP contribution in [0, 0.1) is 5.92 Å². The van der Waals surface area contributed by atoms with Crippen LogP contribution in [0.2, 0.25) is 0 Å². The summed E-state index contributed by atoms with van der Waals surface area (Å²) in [5, 5.41) is 3.28. The van der Waals surface area contributed by atoms with Gasteiger partial charge in [0.1, 0.15) is 5.17 Å². The third kappa shape index (κ3) is 3.57. The van der Waals surface area contributed by atoms with Gasteiger partial charge in [-0.1, -0.05) is 29.8 Å². The zero-order chi connectivity index (χ0) is 14.5. The van der Waals surface area contributed by atoms with E-state index in [9.17, 15) is 9.59 Å². The Balaban J connectivity index is 1.95. The molecule has 0 aromatic carbocycles. The van der Waals surface area contributed by atoms with Crippen molar-refractivity contribution < 1.29 is 14.3 Å². The molecule has 20 heavy (non-hydrogen) atoms. The molecule has 6 heteroatoms. The van der Waals surface area contributed by atoms with E-state index in [2.05, 4.69) is 15.0 Å². The van der Waals surface area contributed by atoms with E-state index in [0.29, 0.717) is 23.7 Å². The van der Waals surface area contributed by atoms with Crippen molar-refractivity contribution in [2.24, 2.45) is 10.9 Å². The van der Waals surface area contributed by atoms with Crippen molar-refractivity contribution in [1.82, 2.24) is 5.32 Å². The average molecular weight is 295 g/mol. The van der Waals surface area contributed by atoms with Crippen LogP contribution in [-0.2, 0) is 14.3 Å². The Morgan fingerprint density at radius 1 is 1.45 bits per heavy atom. The Bertz CT molecular complexity index is 535. The van der Waals surface area contributed by atoms with E-state index in [1.807, 2.05) is 6.08 Å². The number of hydrogen-bond donors (Lipinski definition) is 1. The second-order valence-electron chi connectivity index (χ2n) is 4.50. The van der Waals surface area contributed by atoms with Gasteiger partial charge >= 0.3 is 5.97 Å². The Labute approximate surface area is 122 Å². The van der Waals surface area contributed by atoms with Gasteiger partial charge in [-0.05, 0) is 18.6 Å². The lowest BCUT2D eigenvalue weighted by Crippen LogP contribution is -2.39. The summed E-state index contributed by atoms with van der Waals surface area (Å²) in [5.41, 5.74) is 0.448. The summed E-state index contributed by atoms with van der Waals surface area (Å²) in [5.74, 6) is -0.859. The molecule has 0 saturated carbocycles. The molecule has 0 radical (unpaired) electrons. The van der Waals surface area contributed by atoms with Crippen molar-refractivity contribution in [3.63, 3.8) is 0 Å². The van der Waals surface area contributed by atoms with Gasteiger partial charge in [0, 0.05) is 0 Å². The highest BCUT2D eigenvalue weighted by Crippen LogP contribution is 2.14. The van der Waals surface area contributed by atoms with Crippen LogP contribution in [0.4, 0.5) is 0 Å². The zero-order valence-corrected chi connectivity index (χ0v) is 11.8. The van der Waals surface area contributed by atoms with Crippen LogP contribution >= 0.6 is 11.6 Å². The summed E-state index contributed by atoms with van der Waals surface area (Å²) in [7, 11) is 1.33. The van der Waals surface area contributed by atoms with E-state index in [1.54, 1.807) is 24.3 Å². The van der Waals surface area contributed by atoms with Crippen LogP contribution in [0.1, 0.15) is 6.42 Å². The molecular weight excluding hydrogens is 280 g/mol. The molecule has 0 aromatic heterocycles. The summed E-state index contributed by atoms with van der Waals surface area (Å²) < 4.78 is 4.66. The number of esters is 1. The number of nitrogens with one attached hydrogen (secondary N) is 1. The first kappa shape index (κ1) is 14.5. The monoisotopic (exact) mass is 294 g/mol. The summed E-state index contributed by atoms with van der Waals surface area (Å²) in [6, 6.07) is -0.212. The van der Waals surface area contributed by atoms with E-state index in [1.165, 1.54) is 7.11 Å². The number of carbonyl (C=O) groups is 2. The van der Waals surface area contributed by atoms with E-state index in [0.717, 1.165) is 0 Å². The maximum atomic E-state index is 12.1. The van der Waals surface area contributed by atoms with Crippen LogP contribution in [0.3, 0.4) is 0 Å². The van der Waals surface area contributed by atoms with Crippen molar-refractivity contribution in [3.8, 4) is 0 Å². The molecule has 2 rings (SSSR count). The summed E-state index contributed by atoms with van der Waals surface area (Å²) in [6.45, 7) is 0.345. The molecule has 0 saturated heterocycles. The van der Waals surface area contributed by atoms with Gasteiger partial charge < -0.3 is 10.1 Å². The van der Waals surface area contributed by atoms with Gasteiger partial charge in [-0.2, -0.15) is 0 Å². The second-order valence-corrected chi connectivity index (χ2v) is 4.88. The highest BCUT2D eigenvalue weighted by atomic mass is 35.5. The van der Waals surface area contributed by atoms with Crippen LogP contribution in [-0.4, -0.2) is 36.7 Å². The molecule has 1 amide bonds. The van der Waals surface area contributed by atoms with Gasteiger partial charge in [-0.25, -0.2) is 4.79 Å². The van der Waals surface area contributed by atoms with Gasteiger partial charge in [0.2, 0.25) is 5.91 Å². The van der Waals surface area contributed by atoms with Crippen molar-refractivity contribution in [2.45, 2.75) is 12.5 Å². The highest BCUT2D eigenvalue weighted by molar-refractivity contribution is 6.68. The number of aliphatic imine (C=N–C) groups is 1. The van der Waals surface area contributed by atoms with E-state index in [4.69, 9.17) is 11.6 Å². The minimum atomic E-state index is -0.408. The number of amides is 1. The fourth-order valence-electron chi connectivity index (χ4n) is 1.99. The largest absolute Gasteiger partial charge is 0.465 e. The predicted molar refractivity (Wildman–Crippen MR) is 76.6 cm³/mol. The zero-order valence-electron chi connectivity index (χ0n) is 11.0. The van der Waals surface area contributed by atoms with Crippen molar-refractivity contribution in [2.75, 3.05) is 13.7 Å². The third-order valence-corrected chi connectivity index (χ3v) is 3.30. The summed E-state index contributed by atoms with van der Waals surface area (Å²) >= 11 is 5.71. The van der Waals surface area contributed by atoms with E-state index in [-0.39, 0.29) is 17.9 Å². The van der Waals surface area contributed by atoms with Crippen LogP contribution in [0.15, 0.2) is 40.9 Å². The Hall–Kier alpha value is -1.88. The van der Waals surface area contributed by atoms with Crippen molar-refractivity contribution in [3.05, 3.63) is 36.0 Å². The SMILES string of the molecule is COC(=O)C1=CC(NC(=O)C2C=CC(Cl)=NC2)CC=C1. The van der Waals surface area contributed by atoms with Crippen LogP contribution < -0.4 is 5.32 Å². The Kier molecular flexibility index (Phi) is 4.74. The van der Waals surface area contributed by atoms with Gasteiger partial charge in [0.05, 0.1) is 31.2 Å². The molecule has 0 bridgehead atoms. The standard InChI is InChI=1S/C14H15ClN2O3/c1-20-14(19)9-3-2-4-11(7-9)17-13(18)10-5-6-12(15)16-8-10/h2-3,5-7,10-11H,4,8H2,1H3,(H,17,18). The number of methoxy groups -OCH3 is 1. The number of hydrogen-bond acceptors (Lipinski definition) is 4. The molecule has 1 N–H and O–H groups in total. The molecule has 106 valence electrons. The van der Waals surface area contributed by atoms with Gasteiger partial charge in [0.15, 0.2) is 0 Å². The number of nitrogens with zero attached hydrogens (tertiary/aromatic N) is 1. The maximum absolute atomic E-state index is 12.1. The molecule has 5 nitrogen and oxygen atoms in total. The highest BCUT2D eigenvalue weighted by Gasteiger charge is 2.22. The van der Waals surface area contributed by atoms with Crippen LogP contribution in [0.5, 0.6) is 0 Å². The average Bonchev–Trinajstić information content (AvgIpc) is 2.47. The fourth-order valence-corrected chi connectivity index (χ4v) is 2.13. The molecule has 1 aliphatic heterocycles. The first-order valence-corrected chi connectivity index (χ1v) is 6.63. The molecule has 2 aliphatic rings. The van der Waals surface area contributed by atoms with E-state index < -0.39 is 5.97 Å². The third-order valence-electron chi connectivity index (χ3n) is 3.06. The first-order valence-electron chi connectivity index (χ1n) is 6.25. The summed E-state index contributed by atoms with van der Waals surface area (Å²) in [6.07, 6.45) is 9.22. The van der Waals surface area contributed by atoms with Gasteiger partial charge in [-0.15, -0.1) is 0 Å². The normalized spacial score (nSPS) is 24.7. The summed E-state index contributed by atoms with van der Waals surface area (Å²) in [4.78, 5) is 27.5. The number of rotatable bonds is 3. The number of ether oxygens (including phenoxy) is 1. The van der Waals surface area contributed by atoms with E-state index >= 15 is 0 Å². The van der Waals surface area contributed by atoms with Crippen LogP contribution in [0.25, 0.3) is 0 Å². The maximum Gasteiger partial charge on any atom is 0.337 e. The Morgan fingerprint density at radius 3 is 2.90 bits per heavy atom. The molecule has 2 atom stereocenters. The van der Waals surface area contributed by atoms with Gasteiger partial charge in [0.25, 0.3) is 0 Å². The topological polar surface area (TPSA) is 67.8 Å². The molecule has 2 unspecified atom stereocenters. The lowest BCUT2D eigenvalue weighted by Gasteiger charge is -2.20. The smallest absolute Gasteiger partial charge is 0.337 e. The predicted octanol–water partition coefficient (Wildman–Crippen LogP) is 1.35. The first-order chi connectivity index (χ1) is 9.60. The number of dihydropyridines is 1. The number of allylic oxidation sites excluding steroid dienone is 1. The molecule has 1 heterocycles. The van der Waals surface area contributed by atoms with Crippen molar-refractivity contribution >= 4 is 28.6 Å². The Morgan fingerprint density at radius 2 is 2.25 bits per heavy atom. The molecule has 0 aromatic rings. The molecular formula is C14H15ClN2O3. The van der Waals surface area contributed by atoms with Gasteiger partial charge in [-0.3, -0.25) is 9.79 Å². The lowest BCUT2D eigenvalue weighted by molar-refractivity contribution is -0.135.